The molecule has 3 nitrogen and oxygen atoms in total. The van der Waals surface area contributed by atoms with E-state index in [-0.39, 0.29) is 18.4 Å². The number of hydrogen-bond acceptors (Lipinski definition) is 3. The van der Waals surface area contributed by atoms with E-state index in [2.05, 4.69) is 0 Å². The Morgan fingerprint density at radius 1 is 1.05 bits per heavy atom. The van der Waals surface area contributed by atoms with Crippen LogP contribution >= 0.6 is 0 Å². The van der Waals surface area contributed by atoms with E-state index in [0.717, 1.165) is 11.3 Å². The van der Waals surface area contributed by atoms with Gasteiger partial charge >= 0.3 is 5.97 Å². The molecule has 0 unspecified atom stereocenters. The maximum Gasteiger partial charge on any atom is 0.338 e. The molecule has 2 aromatic carbocycles. The molecule has 0 aliphatic heterocycles. The molecule has 2 aromatic rings. The lowest BCUT2D eigenvalue weighted by Gasteiger charge is -2.12. The Morgan fingerprint density at radius 3 is 2.20 bits per heavy atom. The number of anilines is 1. The summed E-state index contributed by atoms with van der Waals surface area (Å²) in [5.41, 5.74) is 2.27. The molecule has 0 amide bonds. The van der Waals surface area contributed by atoms with Crippen LogP contribution < -0.4 is 4.90 Å². The van der Waals surface area contributed by atoms with Crippen LogP contribution in [0.2, 0.25) is 0 Å². The second-order valence-electron chi connectivity index (χ2n) is 4.64. The summed E-state index contributed by atoms with van der Waals surface area (Å²) in [7, 11) is 3.86. The summed E-state index contributed by atoms with van der Waals surface area (Å²) in [6.45, 7) is 0.133. The van der Waals surface area contributed by atoms with Crippen molar-refractivity contribution in [3.05, 3.63) is 65.5 Å². The van der Waals surface area contributed by atoms with Crippen LogP contribution in [0.25, 0.3) is 0 Å². The summed E-state index contributed by atoms with van der Waals surface area (Å²) < 4.78 is 17.9. The average Bonchev–Trinajstić information content (AvgIpc) is 2.46. The zero-order valence-electron chi connectivity index (χ0n) is 11.5. The normalized spacial score (nSPS) is 10.2. The van der Waals surface area contributed by atoms with Crippen LogP contribution in [0.4, 0.5) is 10.1 Å². The van der Waals surface area contributed by atoms with E-state index in [1.165, 1.54) is 12.1 Å². The molecule has 0 saturated heterocycles. The summed E-state index contributed by atoms with van der Waals surface area (Å²) >= 11 is 0. The van der Waals surface area contributed by atoms with Gasteiger partial charge in [-0.2, -0.15) is 0 Å². The minimum absolute atomic E-state index is 0.133. The maximum atomic E-state index is 12.7. The minimum atomic E-state index is -0.389. The highest BCUT2D eigenvalue weighted by atomic mass is 19.1. The van der Waals surface area contributed by atoms with E-state index in [0.29, 0.717) is 5.56 Å². The molecule has 0 atom stereocenters. The van der Waals surface area contributed by atoms with E-state index in [9.17, 15) is 9.18 Å². The predicted molar refractivity (Wildman–Crippen MR) is 76.3 cm³/mol. The number of halogens is 1. The highest BCUT2D eigenvalue weighted by Gasteiger charge is 2.07. The number of rotatable bonds is 4. The first-order chi connectivity index (χ1) is 9.56. The lowest BCUT2D eigenvalue weighted by Crippen LogP contribution is -2.09. The monoisotopic (exact) mass is 273 g/mol. The van der Waals surface area contributed by atoms with Crippen molar-refractivity contribution in [2.24, 2.45) is 0 Å². The van der Waals surface area contributed by atoms with Gasteiger partial charge in [0.05, 0.1) is 5.56 Å². The summed E-state index contributed by atoms with van der Waals surface area (Å²) in [5, 5.41) is 0. The molecule has 0 spiro atoms. The Kier molecular flexibility index (Phi) is 4.35. The molecule has 0 radical (unpaired) electrons. The molecule has 0 N–H and O–H groups in total. The number of esters is 1. The van der Waals surface area contributed by atoms with Gasteiger partial charge in [-0.25, -0.2) is 9.18 Å². The van der Waals surface area contributed by atoms with Crippen molar-refractivity contribution >= 4 is 11.7 Å². The smallest absolute Gasteiger partial charge is 0.338 e. The van der Waals surface area contributed by atoms with Crippen LogP contribution in [0.1, 0.15) is 15.9 Å². The molecule has 0 saturated carbocycles. The summed E-state index contributed by atoms with van der Waals surface area (Å²) in [6.07, 6.45) is 0. The van der Waals surface area contributed by atoms with Gasteiger partial charge in [-0.1, -0.05) is 12.1 Å². The Bertz CT molecular complexity index is 576. The minimum Gasteiger partial charge on any atom is -0.457 e. The highest BCUT2D eigenvalue weighted by molar-refractivity contribution is 5.89. The van der Waals surface area contributed by atoms with Gasteiger partial charge in [-0.05, 0) is 42.0 Å². The fraction of sp³-hybridized carbons (Fsp3) is 0.188. The SMILES string of the molecule is CN(C)c1ccc(C(=O)OCc2ccc(F)cc2)cc1. The summed E-state index contributed by atoms with van der Waals surface area (Å²) in [4.78, 5) is 13.8. The van der Waals surface area contributed by atoms with E-state index in [1.807, 2.05) is 31.1 Å². The molecule has 20 heavy (non-hydrogen) atoms. The summed E-state index contributed by atoms with van der Waals surface area (Å²) in [5.74, 6) is -0.695. The van der Waals surface area contributed by atoms with Gasteiger partial charge in [-0.3, -0.25) is 0 Å². The van der Waals surface area contributed by atoms with Crippen LogP contribution in [-0.2, 0) is 11.3 Å². The Morgan fingerprint density at radius 2 is 1.65 bits per heavy atom. The number of nitrogens with zero attached hydrogens (tertiary/aromatic N) is 1. The van der Waals surface area contributed by atoms with Crippen molar-refractivity contribution in [2.45, 2.75) is 6.61 Å². The van der Waals surface area contributed by atoms with Gasteiger partial charge in [0.25, 0.3) is 0 Å². The predicted octanol–water partition coefficient (Wildman–Crippen LogP) is 3.25. The van der Waals surface area contributed by atoms with E-state index in [1.54, 1.807) is 24.3 Å². The summed E-state index contributed by atoms with van der Waals surface area (Å²) in [6, 6.07) is 13.0. The van der Waals surface area contributed by atoms with Crippen molar-refractivity contribution in [1.29, 1.82) is 0 Å². The van der Waals surface area contributed by atoms with Gasteiger partial charge in [0.2, 0.25) is 0 Å². The third-order valence-corrected chi connectivity index (χ3v) is 2.90. The molecule has 0 aromatic heterocycles. The van der Waals surface area contributed by atoms with Crippen molar-refractivity contribution in [1.82, 2.24) is 0 Å². The van der Waals surface area contributed by atoms with Crippen molar-refractivity contribution in [3.63, 3.8) is 0 Å². The standard InChI is InChI=1S/C16H16FNO2/c1-18(2)15-9-5-13(6-10-15)16(19)20-11-12-3-7-14(17)8-4-12/h3-10H,11H2,1-2H3. The number of carbonyl (C=O) groups is 1. The molecule has 0 aliphatic carbocycles. The molecule has 2 rings (SSSR count). The molecule has 0 heterocycles. The first-order valence-electron chi connectivity index (χ1n) is 6.25. The lowest BCUT2D eigenvalue weighted by molar-refractivity contribution is 0.0472. The Labute approximate surface area is 117 Å². The molecule has 4 heteroatoms. The molecule has 104 valence electrons. The molecular formula is C16H16FNO2. The number of ether oxygens (including phenoxy) is 1. The molecule has 0 aliphatic rings. The van der Waals surface area contributed by atoms with Crippen LogP contribution in [-0.4, -0.2) is 20.1 Å². The van der Waals surface area contributed by atoms with Crippen molar-refractivity contribution in [2.75, 3.05) is 19.0 Å². The van der Waals surface area contributed by atoms with Gasteiger partial charge in [-0.15, -0.1) is 0 Å². The van der Waals surface area contributed by atoms with Crippen LogP contribution in [0.15, 0.2) is 48.5 Å². The zero-order chi connectivity index (χ0) is 14.5. The second kappa shape index (κ2) is 6.19. The lowest BCUT2D eigenvalue weighted by atomic mass is 10.2. The van der Waals surface area contributed by atoms with Crippen LogP contribution in [0.5, 0.6) is 0 Å². The van der Waals surface area contributed by atoms with Crippen molar-refractivity contribution in [3.8, 4) is 0 Å². The Balaban J connectivity index is 1.96. The first kappa shape index (κ1) is 14.1. The third kappa shape index (κ3) is 3.57. The van der Waals surface area contributed by atoms with Gasteiger partial charge in [0.1, 0.15) is 12.4 Å². The van der Waals surface area contributed by atoms with Gasteiger partial charge in [0.15, 0.2) is 0 Å². The molecule has 0 fully saturated rings. The van der Waals surface area contributed by atoms with Gasteiger partial charge in [0, 0.05) is 19.8 Å². The third-order valence-electron chi connectivity index (χ3n) is 2.90. The fourth-order valence-corrected chi connectivity index (χ4v) is 1.71. The van der Waals surface area contributed by atoms with E-state index >= 15 is 0 Å². The van der Waals surface area contributed by atoms with E-state index in [4.69, 9.17) is 4.74 Å². The fourth-order valence-electron chi connectivity index (χ4n) is 1.71. The Hall–Kier alpha value is -2.36. The average molecular weight is 273 g/mol. The molecule has 0 bridgehead atoms. The van der Waals surface area contributed by atoms with Gasteiger partial charge < -0.3 is 9.64 Å². The largest absolute Gasteiger partial charge is 0.457 e. The van der Waals surface area contributed by atoms with Crippen molar-refractivity contribution < 1.29 is 13.9 Å². The topological polar surface area (TPSA) is 29.5 Å². The first-order valence-corrected chi connectivity index (χ1v) is 6.25. The second-order valence-corrected chi connectivity index (χ2v) is 4.64. The quantitative estimate of drug-likeness (QED) is 0.801. The maximum absolute atomic E-state index is 12.7. The van der Waals surface area contributed by atoms with Crippen LogP contribution in [0.3, 0.4) is 0 Å². The number of benzene rings is 2. The number of hydrogen-bond donors (Lipinski definition) is 0. The zero-order valence-corrected chi connectivity index (χ0v) is 11.5. The number of carbonyl (C=O) groups excluding carboxylic acids is 1. The van der Waals surface area contributed by atoms with E-state index < -0.39 is 0 Å². The van der Waals surface area contributed by atoms with Crippen LogP contribution in [0, 0.1) is 5.82 Å². The molecular weight excluding hydrogens is 257 g/mol. The highest BCUT2D eigenvalue weighted by Crippen LogP contribution is 2.13.